The summed E-state index contributed by atoms with van der Waals surface area (Å²) < 4.78 is 17.1. The largest absolute Gasteiger partial charge is 0.461 e. The maximum Gasteiger partial charge on any atom is 0.338 e. The molecule has 9 heteroatoms. The SMILES string of the molecule is O=C(OCc1cc(-c2ccco2)on1)c1ccc(-n2cnnn2)cc1. The van der Waals surface area contributed by atoms with E-state index >= 15 is 0 Å². The Bertz CT molecular complexity index is 959. The molecule has 0 atom stereocenters. The topological polar surface area (TPSA) is 109 Å². The molecule has 0 aliphatic carbocycles. The standard InChI is InChI=1S/C16H11N5O4/c22-16(11-3-5-13(6-4-11)21-10-17-19-20-21)24-9-12-8-15(25-18-12)14-2-1-7-23-14/h1-8,10H,9H2. The zero-order chi connectivity index (χ0) is 17.1. The number of carbonyl (C=O) groups excluding carboxylic acids is 1. The monoisotopic (exact) mass is 337 g/mol. The van der Waals surface area contributed by atoms with Gasteiger partial charge in [0.05, 0.1) is 17.5 Å². The van der Waals surface area contributed by atoms with Crippen LogP contribution in [0.2, 0.25) is 0 Å². The molecular formula is C16H11N5O4. The van der Waals surface area contributed by atoms with Crippen molar-refractivity contribution in [3.8, 4) is 17.2 Å². The molecule has 0 aliphatic rings. The molecule has 0 bridgehead atoms. The number of ether oxygens (including phenoxy) is 1. The van der Waals surface area contributed by atoms with Crippen LogP contribution in [0, 0.1) is 0 Å². The molecule has 0 aliphatic heterocycles. The third-order valence-electron chi connectivity index (χ3n) is 3.39. The van der Waals surface area contributed by atoms with Gasteiger partial charge < -0.3 is 13.7 Å². The molecule has 0 amide bonds. The highest BCUT2D eigenvalue weighted by Gasteiger charge is 2.12. The smallest absolute Gasteiger partial charge is 0.338 e. The van der Waals surface area contributed by atoms with Crippen molar-refractivity contribution in [1.82, 2.24) is 25.4 Å². The Morgan fingerprint density at radius 2 is 2.04 bits per heavy atom. The van der Waals surface area contributed by atoms with Gasteiger partial charge in [0.1, 0.15) is 18.6 Å². The minimum absolute atomic E-state index is 0.00219. The van der Waals surface area contributed by atoms with Gasteiger partial charge in [-0.1, -0.05) is 5.16 Å². The van der Waals surface area contributed by atoms with Crippen LogP contribution < -0.4 is 0 Å². The number of tetrazole rings is 1. The normalized spacial score (nSPS) is 10.7. The lowest BCUT2D eigenvalue weighted by molar-refractivity contribution is 0.0464. The fraction of sp³-hybridized carbons (Fsp3) is 0.0625. The quantitative estimate of drug-likeness (QED) is 0.510. The highest BCUT2D eigenvalue weighted by molar-refractivity contribution is 5.89. The van der Waals surface area contributed by atoms with Gasteiger partial charge in [0, 0.05) is 6.07 Å². The van der Waals surface area contributed by atoms with Crippen molar-refractivity contribution < 1.29 is 18.5 Å². The van der Waals surface area contributed by atoms with Crippen LogP contribution in [0.4, 0.5) is 0 Å². The van der Waals surface area contributed by atoms with Crippen LogP contribution in [-0.4, -0.2) is 31.3 Å². The Morgan fingerprint density at radius 1 is 1.16 bits per heavy atom. The molecule has 0 saturated heterocycles. The van der Waals surface area contributed by atoms with Crippen molar-refractivity contribution >= 4 is 5.97 Å². The maximum absolute atomic E-state index is 12.1. The number of aromatic nitrogens is 5. The third kappa shape index (κ3) is 3.15. The number of hydrogen-bond acceptors (Lipinski definition) is 8. The molecular weight excluding hydrogens is 326 g/mol. The number of carbonyl (C=O) groups is 1. The van der Waals surface area contributed by atoms with Gasteiger partial charge in [-0.15, -0.1) is 5.10 Å². The van der Waals surface area contributed by atoms with E-state index in [1.165, 1.54) is 17.3 Å². The molecule has 0 N–H and O–H groups in total. The molecule has 3 heterocycles. The van der Waals surface area contributed by atoms with Gasteiger partial charge in [-0.25, -0.2) is 9.48 Å². The number of esters is 1. The lowest BCUT2D eigenvalue weighted by Crippen LogP contribution is -2.06. The zero-order valence-corrected chi connectivity index (χ0v) is 12.8. The van der Waals surface area contributed by atoms with E-state index in [1.54, 1.807) is 42.5 Å². The minimum Gasteiger partial charge on any atom is -0.461 e. The molecule has 0 fully saturated rings. The molecule has 3 aromatic heterocycles. The Hall–Kier alpha value is -3.75. The average Bonchev–Trinajstić information content (AvgIpc) is 3.42. The second-order valence-electron chi connectivity index (χ2n) is 5.04. The summed E-state index contributed by atoms with van der Waals surface area (Å²) in [5.41, 5.74) is 1.64. The third-order valence-corrected chi connectivity index (χ3v) is 3.39. The molecule has 25 heavy (non-hydrogen) atoms. The molecule has 0 saturated carbocycles. The molecule has 0 spiro atoms. The van der Waals surface area contributed by atoms with E-state index in [4.69, 9.17) is 13.7 Å². The predicted octanol–water partition coefficient (Wildman–Crippen LogP) is 2.27. The molecule has 0 radical (unpaired) electrons. The Balaban J connectivity index is 1.39. The maximum atomic E-state index is 12.1. The fourth-order valence-electron chi connectivity index (χ4n) is 2.17. The van der Waals surface area contributed by atoms with Crippen molar-refractivity contribution in [3.05, 3.63) is 66.3 Å². The van der Waals surface area contributed by atoms with Crippen molar-refractivity contribution in [2.75, 3.05) is 0 Å². The minimum atomic E-state index is -0.467. The Kier molecular flexibility index (Phi) is 3.79. The Morgan fingerprint density at radius 3 is 2.76 bits per heavy atom. The number of furan rings is 1. The Labute approximate surface area is 140 Å². The van der Waals surface area contributed by atoms with Gasteiger partial charge in [-0.2, -0.15) is 0 Å². The number of hydrogen-bond donors (Lipinski definition) is 0. The van der Waals surface area contributed by atoms with Gasteiger partial charge in [-0.05, 0) is 46.8 Å². The van der Waals surface area contributed by atoms with Crippen molar-refractivity contribution in [1.29, 1.82) is 0 Å². The second kappa shape index (κ2) is 6.40. The van der Waals surface area contributed by atoms with E-state index in [-0.39, 0.29) is 6.61 Å². The lowest BCUT2D eigenvalue weighted by atomic mass is 10.2. The summed E-state index contributed by atoms with van der Waals surface area (Å²) in [7, 11) is 0. The zero-order valence-electron chi connectivity index (χ0n) is 12.8. The van der Waals surface area contributed by atoms with Crippen LogP contribution in [0.15, 0.2) is 64.0 Å². The van der Waals surface area contributed by atoms with Crippen LogP contribution in [0.1, 0.15) is 16.1 Å². The van der Waals surface area contributed by atoms with Crippen LogP contribution in [0.5, 0.6) is 0 Å². The first-order valence-electron chi connectivity index (χ1n) is 7.29. The van der Waals surface area contributed by atoms with Crippen LogP contribution >= 0.6 is 0 Å². The first-order valence-corrected chi connectivity index (χ1v) is 7.29. The van der Waals surface area contributed by atoms with E-state index in [0.717, 1.165) is 5.69 Å². The highest BCUT2D eigenvalue weighted by atomic mass is 16.5. The summed E-state index contributed by atoms with van der Waals surface area (Å²) in [6.45, 7) is -0.00219. The summed E-state index contributed by atoms with van der Waals surface area (Å²) in [5.74, 6) is 0.566. The molecule has 1 aromatic carbocycles. The summed E-state index contributed by atoms with van der Waals surface area (Å²) >= 11 is 0. The summed E-state index contributed by atoms with van der Waals surface area (Å²) in [6, 6.07) is 11.9. The van der Waals surface area contributed by atoms with E-state index in [1.807, 2.05) is 0 Å². The van der Waals surface area contributed by atoms with Crippen LogP contribution in [-0.2, 0) is 11.3 Å². The summed E-state index contributed by atoms with van der Waals surface area (Å²) in [5, 5.41) is 14.7. The predicted molar refractivity (Wildman–Crippen MR) is 82.5 cm³/mol. The van der Waals surface area contributed by atoms with E-state index < -0.39 is 5.97 Å². The highest BCUT2D eigenvalue weighted by Crippen LogP contribution is 2.21. The van der Waals surface area contributed by atoms with Gasteiger partial charge in [0.25, 0.3) is 0 Å². The van der Waals surface area contributed by atoms with E-state index in [2.05, 4.69) is 20.7 Å². The fourth-order valence-corrected chi connectivity index (χ4v) is 2.17. The lowest BCUT2D eigenvalue weighted by Gasteiger charge is -2.04. The van der Waals surface area contributed by atoms with Crippen LogP contribution in [0.25, 0.3) is 17.2 Å². The van der Waals surface area contributed by atoms with Gasteiger partial charge >= 0.3 is 5.97 Å². The summed E-state index contributed by atoms with van der Waals surface area (Å²) in [6.07, 6.45) is 3.01. The molecule has 4 aromatic rings. The van der Waals surface area contributed by atoms with Gasteiger partial charge in [0.2, 0.25) is 5.76 Å². The van der Waals surface area contributed by atoms with E-state index in [0.29, 0.717) is 22.8 Å². The van der Waals surface area contributed by atoms with Gasteiger partial charge in [0.15, 0.2) is 5.76 Å². The van der Waals surface area contributed by atoms with Crippen molar-refractivity contribution in [2.45, 2.75) is 6.61 Å². The van der Waals surface area contributed by atoms with Crippen molar-refractivity contribution in [3.63, 3.8) is 0 Å². The molecule has 9 nitrogen and oxygen atoms in total. The number of nitrogens with zero attached hydrogens (tertiary/aromatic N) is 5. The number of rotatable bonds is 5. The van der Waals surface area contributed by atoms with Gasteiger partial charge in [-0.3, -0.25) is 0 Å². The van der Waals surface area contributed by atoms with Crippen molar-refractivity contribution in [2.24, 2.45) is 0 Å². The summed E-state index contributed by atoms with van der Waals surface area (Å²) in [4.78, 5) is 12.1. The number of benzene rings is 1. The molecule has 0 unspecified atom stereocenters. The molecule has 124 valence electrons. The first-order chi connectivity index (χ1) is 12.3. The van der Waals surface area contributed by atoms with Crippen LogP contribution in [0.3, 0.4) is 0 Å². The van der Waals surface area contributed by atoms with E-state index in [9.17, 15) is 4.79 Å². The first kappa shape index (κ1) is 14.8. The average molecular weight is 337 g/mol. The molecule has 4 rings (SSSR count). The second-order valence-corrected chi connectivity index (χ2v) is 5.04.